The lowest BCUT2D eigenvalue weighted by Crippen LogP contribution is -2.49. The molecule has 0 radical (unpaired) electrons. The minimum absolute atomic E-state index is 0.00732. The van der Waals surface area contributed by atoms with E-state index in [1.165, 1.54) is 0 Å². The summed E-state index contributed by atoms with van der Waals surface area (Å²) in [6.45, 7) is 13.2. The zero-order valence-electron chi connectivity index (χ0n) is 13.2. The van der Waals surface area contributed by atoms with E-state index in [-0.39, 0.29) is 17.5 Å². The molecule has 5 nitrogen and oxygen atoms in total. The summed E-state index contributed by atoms with van der Waals surface area (Å²) in [5.74, 6) is 0.00732. The van der Waals surface area contributed by atoms with Crippen LogP contribution >= 0.6 is 15.9 Å². The Morgan fingerprint density at radius 2 is 2.05 bits per heavy atom. The largest absolute Gasteiger partial charge is 0.350 e. The van der Waals surface area contributed by atoms with E-state index in [0.29, 0.717) is 6.54 Å². The molecular formula is C14H25BrN4O. The van der Waals surface area contributed by atoms with Crippen molar-refractivity contribution in [2.45, 2.75) is 66.2 Å². The van der Waals surface area contributed by atoms with Crippen LogP contribution in [0.15, 0.2) is 4.47 Å². The molecule has 1 unspecified atom stereocenters. The summed E-state index contributed by atoms with van der Waals surface area (Å²) >= 11 is 3.55. The van der Waals surface area contributed by atoms with Crippen LogP contribution in [0.2, 0.25) is 0 Å². The maximum absolute atomic E-state index is 12.0. The first-order valence-electron chi connectivity index (χ1n) is 6.93. The first-order chi connectivity index (χ1) is 9.15. The third-order valence-electron chi connectivity index (χ3n) is 2.92. The molecular weight excluding hydrogens is 320 g/mol. The molecule has 1 amide bonds. The fourth-order valence-corrected chi connectivity index (χ4v) is 2.28. The summed E-state index contributed by atoms with van der Waals surface area (Å²) in [5, 5.41) is 10.7. The standard InChI is InChI=1S/C14H25BrN4O/c1-7-19-11(12(15)9(2)18-19)8-16-10(3)13(20)17-14(4,5)6/h10,16H,7-8H2,1-6H3,(H,17,20). The Balaban J connectivity index is 2.65. The number of carbonyl (C=O) groups is 1. The number of hydrogen-bond acceptors (Lipinski definition) is 3. The number of halogens is 1. The number of aromatic nitrogens is 2. The molecule has 2 N–H and O–H groups in total. The van der Waals surface area contributed by atoms with E-state index in [1.807, 2.05) is 39.3 Å². The minimum Gasteiger partial charge on any atom is -0.350 e. The van der Waals surface area contributed by atoms with Crippen LogP contribution in [0, 0.1) is 6.92 Å². The van der Waals surface area contributed by atoms with Crippen molar-refractivity contribution in [1.82, 2.24) is 20.4 Å². The van der Waals surface area contributed by atoms with Gasteiger partial charge in [0.2, 0.25) is 5.91 Å². The Hall–Kier alpha value is -0.880. The molecule has 0 saturated carbocycles. The smallest absolute Gasteiger partial charge is 0.237 e. The molecule has 20 heavy (non-hydrogen) atoms. The van der Waals surface area contributed by atoms with Crippen LogP contribution in [0.1, 0.15) is 46.0 Å². The van der Waals surface area contributed by atoms with Gasteiger partial charge in [0.25, 0.3) is 0 Å². The molecule has 1 rings (SSSR count). The number of hydrogen-bond donors (Lipinski definition) is 2. The van der Waals surface area contributed by atoms with Gasteiger partial charge >= 0.3 is 0 Å². The molecule has 1 atom stereocenters. The van der Waals surface area contributed by atoms with Crippen molar-refractivity contribution in [3.8, 4) is 0 Å². The Morgan fingerprint density at radius 1 is 1.45 bits per heavy atom. The van der Waals surface area contributed by atoms with Crippen LogP contribution in [0.5, 0.6) is 0 Å². The molecule has 0 aliphatic carbocycles. The van der Waals surface area contributed by atoms with Gasteiger partial charge in [-0.2, -0.15) is 5.10 Å². The topological polar surface area (TPSA) is 59.0 Å². The molecule has 1 aromatic rings. The van der Waals surface area contributed by atoms with Crippen LogP contribution in [0.4, 0.5) is 0 Å². The van der Waals surface area contributed by atoms with Gasteiger partial charge in [-0.1, -0.05) is 0 Å². The highest BCUT2D eigenvalue weighted by Crippen LogP contribution is 2.20. The molecule has 6 heteroatoms. The van der Waals surface area contributed by atoms with E-state index in [2.05, 4.69) is 38.6 Å². The predicted molar refractivity (Wildman–Crippen MR) is 84.5 cm³/mol. The molecule has 0 aliphatic heterocycles. The third-order valence-corrected chi connectivity index (χ3v) is 3.95. The van der Waals surface area contributed by atoms with Crippen LogP contribution < -0.4 is 10.6 Å². The summed E-state index contributed by atoms with van der Waals surface area (Å²) in [5.41, 5.74) is 1.82. The zero-order chi connectivity index (χ0) is 15.5. The molecule has 0 bridgehead atoms. The average molecular weight is 345 g/mol. The Morgan fingerprint density at radius 3 is 2.55 bits per heavy atom. The Bertz CT molecular complexity index is 476. The lowest BCUT2D eigenvalue weighted by molar-refractivity contribution is -0.124. The van der Waals surface area contributed by atoms with Gasteiger partial charge < -0.3 is 10.6 Å². The average Bonchev–Trinajstić information content (AvgIpc) is 2.60. The lowest BCUT2D eigenvalue weighted by atomic mass is 10.1. The van der Waals surface area contributed by atoms with Gasteiger partial charge in [-0.25, -0.2) is 0 Å². The summed E-state index contributed by atoms with van der Waals surface area (Å²) in [6, 6.07) is -0.248. The normalized spacial score (nSPS) is 13.3. The van der Waals surface area contributed by atoms with Crippen molar-refractivity contribution in [3.05, 3.63) is 15.9 Å². The van der Waals surface area contributed by atoms with Gasteiger partial charge in [-0.05, 0) is 57.5 Å². The first kappa shape index (κ1) is 17.2. The van der Waals surface area contributed by atoms with Gasteiger partial charge in [0.1, 0.15) is 0 Å². The molecule has 0 fully saturated rings. The molecule has 0 aromatic carbocycles. The molecule has 114 valence electrons. The second kappa shape index (κ2) is 6.72. The van der Waals surface area contributed by atoms with Crippen LogP contribution in [0.3, 0.4) is 0 Å². The number of nitrogens with zero attached hydrogens (tertiary/aromatic N) is 2. The van der Waals surface area contributed by atoms with Gasteiger partial charge in [0.15, 0.2) is 0 Å². The minimum atomic E-state index is -0.248. The number of aryl methyl sites for hydroxylation is 2. The van der Waals surface area contributed by atoms with E-state index < -0.39 is 0 Å². The maximum Gasteiger partial charge on any atom is 0.237 e. The summed E-state index contributed by atoms with van der Waals surface area (Å²) in [6.07, 6.45) is 0. The van der Waals surface area contributed by atoms with Gasteiger partial charge in [-0.3, -0.25) is 9.48 Å². The monoisotopic (exact) mass is 344 g/mol. The summed E-state index contributed by atoms with van der Waals surface area (Å²) in [7, 11) is 0. The van der Waals surface area contributed by atoms with E-state index in [4.69, 9.17) is 0 Å². The van der Waals surface area contributed by atoms with E-state index in [1.54, 1.807) is 0 Å². The SMILES string of the molecule is CCn1nc(C)c(Br)c1CNC(C)C(=O)NC(C)(C)C. The number of rotatable bonds is 5. The van der Waals surface area contributed by atoms with Crippen molar-refractivity contribution < 1.29 is 4.79 Å². The van der Waals surface area contributed by atoms with Crippen LogP contribution in [-0.2, 0) is 17.9 Å². The van der Waals surface area contributed by atoms with Crippen LogP contribution in [0.25, 0.3) is 0 Å². The number of nitrogens with one attached hydrogen (secondary N) is 2. The van der Waals surface area contributed by atoms with E-state index in [9.17, 15) is 4.79 Å². The Kier molecular flexibility index (Phi) is 5.77. The van der Waals surface area contributed by atoms with Crippen LogP contribution in [-0.4, -0.2) is 27.3 Å². The fourth-order valence-electron chi connectivity index (χ4n) is 1.86. The van der Waals surface area contributed by atoms with Crippen molar-refractivity contribution in [1.29, 1.82) is 0 Å². The second-order valence-electron chi connectivity index (χ2n) is 6.00. The zero-order valence-corrected chi connectivity index (χ0v) is 14.8. The van der Waals surface area contributed by atoms with E-state index in [0.717, 1.165) is 22.4 Å². The van der Waals surface area contributed by atoms with Gasteiger partial charge in [0.05, 0.1) is 21.9 Å². The third kappa shape index (κ3) is 4.59. The van der Waals surface area contributed by atoms with E-state index >= 15 is 0 Å². The molecule has 0 spiro atoms. The quantitative estimate of drug-likeness (QED) is 0.861. The van der Waals surface area contributed by atoms with Crippen molar-refractivity contribution >= 4 is 21.8 Å². The highest BCUT2D eigenvalue weighted by Gasteiger charge is 2.20. The predicted octanol–water partition coefficient (Wildman–Crippen LogP) is 2.37. The van der Waals surface area contributed by atoms with Gasteiger partial charge in [-0.15, -0.1) is 0 Å². The Labute approximate surface area is 129 Å². The highest BCUT2D eigenvalue weighted by atomic mass is 79.9. The fraction of sp³-hybridized carbons (Fsp3) is 0.714. The van der Waals surface area contributed by atoms with Crippen molar-refractivity contribution in [2.75, 3.05) is 0 Å². The number of amides is 1. The number of carbonyl (C=O) groups excluding carboxylic acids is 1. The lowest BCUT2D eigenvalue weighted by Gasteiger charge is -2.23. The summed E-state index contributed by atoms with van der Waals surface area (Å²) < 4.78 is 2.95. The molecule has 1 aromatic heterocycles. The second-order valence-corrected chi connectivity index (χ2v) is 6.80. The van der Waals surface area contributed by atoms with Crippen molar-refractivity contribution in [2.24, 2.45) is 0 Å². The van der Waals surface area contributed by atoms with Crippen molar-refractivity contribution in [3.63, 3.8) is 0 Å². The first-order valence-corrected chi connectivity index (χ1v) is 7.72. The van der Waals surface area contributed by atoms with Gasteiger partial charge in [0, 0.05) is 18.6 Å². The maximum atomic E-state index is 12.0. The molecule has 0 saturated heterocycles. The summed E-state index contributed by atoms with van der Waals surface area (Å²) in [4.78, 5) is 12.0. The molecule has 1 heterocycles. The highest BCUT2D eigenvalue weighted by molar-refractivity contribution is 9.10. The molecule has 0 aliphatic rings.